The first-order valence-electron chi connectivity index (χ1n) is 8.72. The second-order valence-electron chi connectivity index (χ2n) is 5.81. The first-order valence-corrected chi connectivity index (χ1v) is 9.10. The van der Waals surface area contributed by atoms with Gasteiger partial charge in [0.1, 0.15) is 30.5 Å². The van der Waals surface area contributed by atoms with Gasteiger partial charge in [0.25, 0.3) is 5.91 Å². The molecular weight excluding hydrogens is 378 g/mol. The van der Waals surface area contributed by atoms with Gasteiger partial charge in [0.2, 0.25) is 0 Å². The number of anilines is 1. The average Bonchev–Trinajstić information content (AvgIpc) is 2.72. The molecule has 0 unspecified atom stereocenters. The zero-order valence-corrected chi connectivity index (χ0v) is 16.1. The maximum Gasteiger partial charge on any atom is 0.259 e. The molecule has 1 N–H and O–H groups in total. The highest BCUT2D eigenvalue weighted by Gasteiger charge is 2.13. The highest BCUT2D eigenvalue weighted by atomic mass is 35.5. The number of benzene rings is 3. The van der Waals surface area contributed by atoms with Gasteiger partial charge >= 0.3 is 0 Å². The van der Waals surface area contributed by atoms with Crippen molar-refractivity contribution in [2.45, 2.75) is 0 Å². The van der Waals surface area contributed by atoms with Crippen molar-refractivity contribution in [1.82, 2.24) is 0 Å². The Morgan fingerprint density at radius 1 is 0.893 bits per heavy atom. The van der Waals surface area contributed by atoms with E-state index in [1.165, 1.54) is 7.11 Å². The van der Waals surface area contributed by atoms with Gasteiger partial charge in [-0.2, -0.15) is 0 Å². The smallest absolute Gasteiger partial charge is 0.259 e. The van der Waals surface area contributed by atoms with Crippen LogP contribution in [0.5, 0.6) is 17.2 Å². The van der Waals surface area contributed by atoms with Crippen LogP contribution in [0.2, 0.25) is 5.02 Å². The van der Waals surface area contributed by atoms with Crippen molar-refractivity contribution in [2.24, 2.45) is 0 Å². The molecule has 1 amide bonds. The summed E-state index contributed by atoms with van der Waals surface area (Å²) in [5.74, 6) is 1.51. The van der Waals surface area contributed by atoms with Crippen molar-refractivity contribution in [3.05, 3.63) is 83.4 Å². The van der Waals surface area contributed by atoms with Crippen molar-refractivity contribution in [2.75, 3.05) is 25.6 Å². The molecule has 144 valence electrons. The summed E-state index contributed by atoms with van der Waals surface area (Å²) in [5.41, 5.74) is 0.993. The van der Waals surface area contributed by atoms with Crippen molar-refractivity contribution in [1.29, 1.82) is 0 Å². The minimum absolute atomic E-state index is 0.291. The molecule has 0 atom stereocenters. The summed E-state index contributed by atoms with van der Waals surface area (Å²) in [6, 6.07) is 21.6. The van der Waals surface area contributed by atoms with Crippen LogP contribution < -0.4 is 19.5 Å². The van der Waals surface area contributed by atoms with Crippen LogP contribution >= 0.6 is 11.6 Å². The SMILES string of the molecule is COc1ccc(NC(=O)c2ccccc2OCCOc2ccccc2)cc1Cl. The predicted molar refractivity (Wildman–Crippen MR) is 110 cm³/mol. The molecule has 0 saturated carbocycles. The van der Waals surface area contributed by atoms with Gasteiger partial charge in [0, 0.05) is 5.69 Å². The molecule has 28 heavy (non-hydrogen) atoms. The van der Waals surface area contributed by atoms with Crippen molar-refractivity contribution < 1.29 is 19.0 Å². The lowest BCUT2D eigenvalue weighted by Gasteiger charge is -2.13. The third-order valence-corrected chi connectivity index (χ3v) is 4.19. The second kappa shape index (κ2) is 9.67. The summed E-state index contributed by atoms with van der Waals surface area (Å²) in [5, 5.41) is 3.24. The minimum Gasteiger partial charge on any atom is -0.495 e. The Balaban J connectivity index is 1.61. The number of carbonyl (C=O) groups excluding carboxylic acids is 1. The van der Waals surface area contributed by atoms with Crippen LogP contribution in [0.3, 0.4) is 0 Å². The molecule has 0 saturated heterocycles. The fourth-order valence-electron chi connectivity index (χ4n) is 2.55. The largest absolute Gasteiger partial charge is 0.495 e. The fourth-order valence-corrected chi connectivity index (χ4v) is 2.81. The Hall–Kier alpha value is -3.18. The van der Waals surface area contributed by atoms with Crippen LogP contribution in [0.15, 0.2) is 72.8 Å². The number of methoxy groups -OCH3 is 1. The molecule has 3 aromatic carbocycles. The van der Waals surface area contributed by atoms with Gasteiger partial charge in [-0.05, 0) is 42.5 Å². The molecule has 5 nitrogen and oxygen atoms in total. The predicted octanol–water partition coefficient (Wildman–Crippen LogP) is 5.06. The van der Waals surface area contributed by atoms with Crippen molar-refractivity contribution in [3.63, 3.8) is 0 Å². The van der Waals surface area contributed by atoms with Gasteiger partial charge in [0.15, 0.2) is 0 Å². The normalized spacial score (nSPS) is 10.2. The molecule has 0 heterocycles. The van der Waals surface area contributed by atoms with E-state index in [0.717, 1.165) is 5.75 Å². The summed E-state index contributed by atoms with van der Waals surface area (Å²) in [6.45, 7) is 0.682. The Bertz CT molecular complexity index is 931. The van der Waals surface area contributed by atoms with Crippen LogP contribution in [-0.4, -0.2) is 26.2 Å². The zero-order valence-electron chi connectivity index (χ0n) is 15.4. The Kier molecular flexibility index (Phi) is 6.76. The van der Waals surface area contributed by atoms with Gasteiger partial charge in [-0.25, -0.2) is 0 Å². The lowest BCUT2D eigenvalue weighted by molar-refractivity contribution is 0.102. The maximum absolute atomic E-state index is 12.7. The summed E-state index contributed by atoms with van der Waals surface area (Å²) < 4.78 is 16.5. The quantitative estimate of drug-likeness (QED) is 0.540. The van der Waals surface area contributed by atoms with Gasteiger partial charge in [-0.3, -0.25) is 4.79 Å². The molecule has 0 fully saturated rings. The molecular formula is C22H20ClNO4. The number of amides is 1. The number of hydrogen-bond donors (Lipinski definition) is 1. The monoisotopic (exact) mass is 397 g/mol. The van der Waals surface area contributed by atoms with E-state index in [1.807, 2.05) is 36.4 Å². The van der Waals surface area contributed by atoms with E-state index in [4.69, 9.17) is 25.8 Å². The molecule has 0 spiro atoms. The Morgan fingerprint density at radius 3 is 2.36 bits per heavy atom. The first kappa shape index (κ1) is 19.6. The number of nitrogens with one attached hydrogen (secondary N) is 1. The standard InChI is InChI=1S/C22H20ClNO4/c1-26-21-12-11-16(15-19(21)23)24-22(25)18-9-5-6-10-20(18)28-14-13-27-17-7-3-2-4-8-17/h2-12,15H,13-14H2,1H3,(H,24,25). The van der Waals surface area contributed by atoms with Gasteiger partial charge < -0.3 is 19.5 Å². The van der Waals surface area contributed by atoms with E-state index in [1.54, 1.807) is 36.4 Å². The van der Waals surface area contributed by atoms with Crippen LogP contribution in [0, 0.1) is 0 Å². The molecule has 6 heteroatoms. The van der Waals surface area contributed by atoms with Crippen LogP contribution in [0.4, 0.5) is 5.69 Å². The summed E-state index contributed by atoms with van der Waals surface area (Å²) >= 11 is 6.11. The summed E-state index contributed by atoms with van der Waals surface area (Å²) in [7, 11) is 1.54. The molecule has 3 rings (SSSR count). The summed E-state index contributed by atoms with van der Waals surface area (Å²) in [6.07, 6.45) is 0. The molecule has 0 aromatic heterocycles. The molecule has 0 aliphatic carbocycles. The number of halogens is 1. The van der Waals surface area contributed by atoms with Crippen molar-refractivity contribution >= 4 is 23.2 Å². The molecule has 0 radical (unpaired) electrons. The topological polar surface area (TPSA) is 56.8 Å². The lowest BCUT2D eigenvalue weighted by Crippen LogP contribution is -2.15. The highest BCUT2D eigenvalue weighted by Crippen LogP contribution is 2.28. The third-order valence-electron chi connectivity index (χ3n) is 3.89. The number of rotatable bonds is 8. The zero-order chi connectivity index (χ0) is 19.8. The highest BCUT2D eigenvalue weighted by molar-refractivity contribution is 6.32. The van der Waals surface area contributed by atoms with E-state index in [-0.39, 0.29) is 5.91 Å². The number of ether oxygens (including phenoxy) is 3. The van der Waals surface area contributed by atoms with Crippen LogP contribution in [0.1, 0.15) is 10.4 Å². The van der Waals surface area contributed by atoms with E-state index in [2.05, 4.69) is 5.32 Å². The van der Waals surface area contributed by atoms with E-state index in [0.29, 0.717) is 41.0 Å². The second-order valence-corrected chi connectivity index (χ2v) is 6.22. The molecule has 0 aliphatic heterocycles. The van der Waals surface area contributed by atoms with Crippen LogP contribution in [-0.2, 0) is 0 Å². The van der Waals surface area contributed by atoms with Gasteiger partial charge in [0.05, 0.1) is 17.7 Å². The van der Waals surface area contributed by atoms with E-state index < -0.39 is 0 Å². The number of para-hydroxylation sites is 2. The maximum atomic E-state index is 12.7. The van der Waals surface area contributed by atoms with E-state index >= 15 is 0 Å². The van der Waals surface area contributed by atoms with E-state index in [9.17, 15) is 4.79 Å². The fraction of sp³-hybridized carbons (Fsp3) is 0.136. The minimum atomic E-state index is -0.291. The number of hydrogen-bond acceptors (Lipinski definition) is 4. The molecule has 0 aliphatic rings. The van der Waals surface area contributed by atoms with Gasteiger partial charge in [-0.15, -0.1) is 0 Å². The van der Waals surface area contributed by atoms with Crippen molar-refractivity contribution in [3.8, 4) is 17.2 Å². The molecule has 3 aromatic rings. The van der Waals surface area contributed by atoms with Crippen LogP contribution in [0.25, 0.3) is 0 Å². The Morgan fingerprint density at radius 2 is 1.61 bits per heavy atom. The van der Waals surface area contributed by atoms with Gasteiger partial charge in [-0.1, -0.05) is 41.9 Å². The molecule has 0 bridgehead atoms. The first-order chi connectivity index (χ1) is 13.7. The average molecular weight is 398 g/mol. The summed E-state index contributed by atoms with van der Waals surface area (Å²) in [4.78, 5) is 12.7. The third kappa shape index (κ3) is 5.18. The lowest BCUT2D eigenvalue weighted by atomic mass is 10.2. The number of carbonyl (C=O) groups is 1. The Labute approximate surface area is 168 Å².